The number of carbonyl (C=O) groups excluding carboxylic acids is 1. The zero-order valence-corrected chi connectivity index (χ0v) is 15.5. The Morgan fingerprint density at radius 2 is 1.79 bits per heavy atom. The average molecular weight is 374 g/mol. The van der Waals surface area contributed by atoms with E-state index in [1.165, 1.54) is 5.69 Å². The van der Waals surface area contributed by atoms with Crippen LogP contribution >= 0.6 is 0 Å². The summed E-state index contributed by atoms with van der Waals surface area (Å²) in [6.07, 6.45) is 5.14. The molecule has 0 bridgehead atoms. The Bertz CT molecular complexity index is 910. The van der Waals surface area contributed by atoms with Crippen LogP contribution in [-0.4, -0.2) is 51.9 Å². The SMILES string of the molecule is O=C(c1ccnc(NCc2cccnc2)n1)N1CCN(c2ccccc2)CC1. The van der Waals surface area contributed by atoms with E-state index in [1.807, 2.05) is 35.2 Å². The van der Waals surface area contributed by atoms with Crippen LogP contribution in [0.2, 0.25) is 0 Å². The molecule has 1 N–H and O–H groups in total. The second kappa shape index (κ2) is 8.47. The lowest BCUT2D eigenvalue weighted by Crippen LogP contribution is -2.49. The number of hydrogen-bond donors (Lipinski definition) is 1. The molecule has 1 amide bonds. The fourth-order valence-corrected chi connectivity index (χ4v) is 3.22. The van der Waals surface area contributed by atoms with Gasteiger partial charge in [0.05, 0.1) is 0 Å². The maximum atomic E-state index is 12.8. The quantitative estimate of drug-likeness (QED) is 0.739. The first-order valence-corrected chi connectivity index (χ1v) is 9.35. The van der Waals surface area contributed by atoms with E-state index in [1.54, 1.807) is 24.7 Å². The lowest BCUT2D eigenvalue weighted by atomic mass is 10.2. The predicted octanol–water partition coefficient (Wildman–Crippen LogP) is 2.45. The molecule has 1 aromatic carbocycles. The van der Waals surface area contributed by atoms with Crippen molar-refractivity contribution in [3.8, 4) is 0 Å². The van der Waals surface area contributed by atoms with Gasteiger partial charge in [-0.3, -0.25) is 9.78 Å². The summed E-state index contributed by atoms with van der Waals surface area (Å²) in [6, 6.07) is 15.8. The largest absolute Gasteiger partial charge is 0.368 e. The summed E-state index contributed by atoms with van der Waals surface area (Å²) in [5.74, 6) is 0.386. The normalized spacial score (nSPS) is 14.0. The molecule has 1 saturated heterocycles. The molecule has 142 valence electrons. The van der Waals surface area contributed by atoms with E-state index in [4.69, 9.17) is 0 Å². The third-order valence-corrected chi connectivity index (χ3v) is 4.74. The molecule has 0 unspecified atom stereocenters. The third kappa shape index (κ3) is 4.25. The van der Waals surface area contributed by atoms with E-state index >= 15 is 0 Å². The van der Waals surface area contributed by atoms with Gasteiger partial charge in [-0.05, 0) is 29.8 Å². The number of nitrogens with one attached hydrogen (secondary N) is 1. The van der Waals surface area contributed by atoms with Crippen LogP contribution in [0.4, 0.5) is 11.6 Å². The molecule has 4 rings (SSSR count). The van der Waals surface area contributed by atoms with Crippen molar-refractivity contribution in [2.45, 2.75) is 6.54 Å². The Morgan fingerprint density at radius 3 is 2.54 bits per heavy atom. The summed E-state index contributed by atoms with van der Waals surface area (Å²) in [5, 5.41) is 3.15. The Balaban J connectivity index is 1.36. The predicted molar refractivity (Wildman–Crippen MR) is 108 cm³/mol. The number of amides is 1. The molecule has 0 spiro atoms. The first-order valence-electron chi connectivity index (χ1n) is 9.35. The van der Waals surface area contributed by atoms with Gasteiger partial charge in [0.25, 0.3) is 5.91 Å². The topological polar surface area (TPSA) is 74.2 Å². The number of pyridine rings is 1. The van der Waals surface area contributed by atoms with Gasteiger partial charge in [0, 0.05) is 57.0 Å². The minimum atomic E-state index is -0.0560. The molecule has 3 heterocycles. The van der Waals surface area contributed by atoms with Crippen molar-refractivity contribution < 1.29 is 4.79 Å². The van der Waals surface area contributed by atoms with Gasteiger partial charge >= 0.3 is 0 Å². The third-order valence-electron chi connectivity index (χ3n) is 4.74. The Morgan fingerprint density at radius 1 is 0.964 bits per heavy atom. The molecule has 7 nitrogen and oxygen atoms in total. The van der Waals surface area contributed by atoms with E-state index in [0.29, 0.717) is 31.3 Å². The molecule has 3 aromatic rings. The Kier molecular flexibility index (Phi) is 5.42. The van der Waals surface area contributed by atoms with Crippen LogP contribution in [0, 0.1) is 0 Å². The van der Waals surface area contributed by atoms with Gasteiger partial charge in [-0.1, -0.05) is 24.3 Å². The molecule has 0 aliphatic carbocycles. The molecule has 0 atom stereocenters. The van der Waals surface area contributed by atoms with E-state index in [2.05, 4.69) is 37.3 Å². The number of nitrogens with zero attached hydrogens (tertiary/aromatic N) is 5. The summed E-state index contributed by atoms with van der Waals surface area (Å²) in [4.78, 5) is 29.7. The van der Waals surface area contributed by atoms with Gasteiger partial charge in [0.1, 0.15) is 5.69 Å². The van der Waals surface area contributed by atoms with Crippen molar-refractivity contribution in [2.75, 3.05) is 36.4 Å². The zero-order valence-electron chi connectivity index (χ0n) is 15.5. The number of hydrogen-bond acceptors (Lipinski definition) is 6. The van der Waals surface area contributed by atoms with E-state index in [9.17, 15) is 4.79 Å². The highest BCUT2D eigenvalue weighted by atomic mass is 16.2. The van der Waals surface area contributed by atoms with Gasteiger partial charge in [0.2, 0.25) is 5.95 Å². The highest BCUT2D eigenvalue weighted by Gasteiger charge is 2.23. The maximum Gasteiger partial charge on any atom is 0.272 e. The number of piperazine rings is 1. The van der Waals surface area contributed by atoms with Crippen molar-refractivity contribution >= 4 is 17.5 Å². The van der Waals surface area contributed by atoms with Crippen LogP contribution in [0.15, 0.2) is 67.1 Å². The summed E-state index contributed by atoms with van der Waals surface area (Å²) in [7, 11) is 0. The second-order valence-corrected chi connectivity index (χ2v) is 6.60. The minimum absolute atomic E-state index is 0.0560. The molecular weight excluding hydrogens is 352 g/mol. The summed E-state index contributed by atoms with van der Waals surface area (Å²) in [5.41, 5.74) is 2.63. The summed E-state index contributed by atoms with van der Waals surface area (Å²) in [6.45, 7) is 3.54. The Labute approximate surface area is 164 Å². The van der Waals surface area contributed by atoms with Crippen LogP contribution in [0.5, 0.6) is 0 Å². The zero-order chi connectivity index (χ0) is 19.2. The van der Waals surface area contributed by atoms with E-state index in [0.717, 1.165) is 18.7 Å². The monoisotopic (exact) mass is 374 g/mol. The highest BCUT2D eigenvalue weighted by molar-refractivity contribution is 5.92. The molecule has 2 aromatic heterocycles. The number of rotatable bonds is 5. The lowest BCUT2D eigenvalue weighted by Gasteiger charge is -2.36. The maximum absolute atomic E-state index is 12.8. The number of para-hydroxylation sites is 1. The summed E-state index contributed by atoms with van der Waals surface area (Å²) < 4.78 is 0. The van der Waals surface area contributed by atoms with Crippen LogP contribution in [0.3, 0.4) is 0 Å². The Hall–Kier alpha value is -3.48. The molecule has 7 heteroatoms. The number of benzene rings is 1. The van der Waals surface area contributed by atoms with Crippen molar-refractivity contribution in [2.24, 2.45) is 0 Å². The molecule has 0 radical (unpaired) electrons. The number of aromatic nitrogens is 3. The number of carbonyl (C=O) groups is 1. The first kappa shape index (κ1) is 17.9. The van der Waals surface area contributed by atoms with Gasteiger partial charge in [-0.2, -0.15) is 0 Å². The molecule has 0 saturated carbocycles. The van der Waals surface area contributed by atoms with E-state index in [-0.39, 0.29) is 5.91 Å². The average Bonchev–Trinajstić information content (AvgIpc) is 2.79. The minimum Gasteiger partial charge on any atom is -0.368 e. The highest BCUT2D eigenvalue weighted by Crippen LogP contribution is 2.16. The van der Waals surface area contributed by atoms with Gasteiger partial charge in [-0.15, -0.1) is 0 Å². The van der Waals surface area contributed by atoms with Gasteiger partial charge < -0.3 is 15.1 Å². The second-order valence-electron chi connectivity index (χ2n) is 6.60. The van der Waals surface area contributed by atoms with Crippen molar-refractivity contribution in [3.05, 3.63) is 78.4 Å². The van der Waals surface area contributed by atoms with Crippen molar-refractivity contribution in [1.82, 2.24) is 19.9 Å². The van der Waals surface area contributed by atoms with Crippen LogP contribution < -0.4 is 10.2 Å². The van der Waals surface area contributed by atoms with Crippen LogP contribution in [-0.2, 0) is 6.54 Å². The molecule has 1 fully saturated rings. The van der Waals surface area contributed by atoms with Crippen molar-refractivity contribution in [3.63, 3.8) is 0 Å². The molecule has 1 aliphatic heterocycles. The molecular formula is C21H22N6O. The smallest absolute Gasteiger partial charge is 0.272 e. The van der Waals surface area contributed by atoms with Gasteiger partial charge in [0.15, 0.2) is 0 Å². The van der Waals surface area contributed by atoms with E-state index < -0.39 is 0 Å². The fourth-order valence-electron chi connectivity index (χ4n) is 3.22. The van der Waals surface area contributed by atoms with Gasteiger partial charge in [-0.25, -0.2) is 9.97 Å². The fraction of sp³-hybridized carbons (Fsp3) is 0.238. The molecule has 1 aliphatic rings. The standard InChI is InChI=1S/C21H22N6O/c28-20(27-13-11-26(12-14-27)18-6-2-1-3-7-18)19-8-10-23-21(25-19)24-16-17-5-4-9-22-15-17/h1-10,15H,11-14,16H2,(H,23,24,25). The van der Waals surface area contributed by atoms with Crippen molar-refractivity contribution in [1.29, 1.82) is 0 Å². The number of anilines is 2. The molecule has 28 heavy (non-hydrogen) atoms. The first-order chi connectivity index (χ1) is 13.8. The lowest BCUT2D eigenvalue weighted by molar-refractivity contribution is 0.0741. The summed E-state index contributed by atoms with van der Waals surface area (Å²) >= 11 is 0. The van der Waals surface area contributed by atoms with Crippen LogP contribution in [0.25, 0.3) is 0 Å². The van der Waals surface area contributed by atoms with Crippen LogP contribution in [0.1, 0.15) is 16.1 Å².